The van der Waals surface area contributed by atoms with E-state index in [4.69, 9.17) is 4.74 Å². The van der Waals surface area contributed by atoms with Crippen molar-refractivity contribution in [2.24, 2.45) is 0 Å². The van der Waals surface area contributed by atoms with Gasteiger partial charge in [-0.2, -0.15) is 0 Å². The number of amides is 2. The molecule has 1 aromatic heterocycles. The van der Waals surface area contributed by atoms with Gasteiger partial charge in [0.15, 0.2) is 0 Å². The summed E-state index contributed by atoms with van der Waals surface area (Å²) in [7, 11) is 0. The predicted octanol–water partition coefficient (Wildman–Crippen LogP) is 3.23. The predicted molar refractivity (Wildman–Crippen MR) is 114 cm³/mol. The number of piperidine rings is 1. The molecule has 0 spiro atoms. The number of pyridine rings is 1. The number of likely N-dealkylation sites (tertiary alicyclic amines) is 1. The number of carbonyl (C=O) groups is 2. The normalized spacial score (nSPS) is 18.9. The number of ether oxygens (including phenoxy) is 1. The first-order valence-corrected chi connectivity index (χ1v) is 10.8. The number of carbonyl (C=O) groups excluding carboxylic acids is 2. The van der Waals surface area contributed by atoms with Crippen molar-refractivity contribution in [1.29, 1.82) is 0 Å². The van der Waals surface area contributed by atoms with Crippen LogP contribution < -0.4 is 9.80 Å². The number of anilines is 2. The zero-order valence-electron chi connectivity index (χ0n) is 17.0. The van der Waals surface area contributed by atoms with Gasteiger partial charge in [0.05, 0.1) is 17.8 Å². The maximum absolute atomic E-state index is 13.2. The number of fused-ring (bicyclic) bond motifs is 1. The second-order valence-corrected chi connectivity index (χ2v) is 8.08. The zero-order valence-corrected chi connectivity index (χ0v) is 17.0. The standard InChI is InChI=1S/C23H26N4O3/c28-22(25-11-2-1-3-12-25)19-7-5-10-24-21(19)26-13-9-18-17(16-26)6-4-8-20(18)27-14-15-30-23(27)29/h4-8,10H,1-3,9,11-16H2. The van der Waals surface area contributed by atoms with Crippen LogP contribution in [0.5, 0.6) is 0 Å². The highest BCUT2D eigenvalue weighted by Gasteiger charge is 2.30. The van der Waals surface area contributed by atoms with Gasteiger partial charge < -0.3 is 14.5 Å². The summed E-state index contributed by atoms with van der Waals surface area (Å²) in [6, 6.07) is 9.82. The topological polar surface area (TPSA) is 66.0 Å². The first kappa shape index (κ1) is 18.9. The van der Waals surface area contributed by atoms with Crippen LogP contribution in [0.4, 0.5) is 16.3 Å². The minimum Gasteiger partial charge on any atom is -0.447 e. The molecule has 0 unspecified atom stereocenters. The molecule has 0 bridgehead atoms. The van der Waals surface area contributed by atoms with E-state index in [1.807, 2.05) is 29.2 Å². The van der Waals surface area contributed by atoms with E-state index < -0.39 is 0 Å². The van der Waals surface area contributed by atoms with Crippen molar-refractivity contribution >= 4 is 23.5 Å². The first-order valence-electron chi connectivity index (χ1n) is 10.8. The molecule has 2 fully saturated rings. The van der Waals surface area contributed by atoms with E-state index in [0.29, 0.717) is 25.3 Å². The molecule has 2 saturated heterocycles. The molecule has 0 radical (unpaired) electrons. The molecule has 7 nitrogen and oxygen atoms in total. The lowest BCUT2D eigenvalue weighted by Crippen LogP contribution is -2.38. The number of aromatic nitrogens is 1. The monoisotopic (exact) mass is 406 g/mol. The Morgan fingerprint density at radius 1 is 1.00 bits per heavy atom. The third-order valence-corrected chi connectivity index (χ3v) is 6.25. The highest BCUT2D eigenvalue weighted by molar-refractivity contribution is 5.99. The molecular formula is C23H26N4O3. The molecule has 1 aromatic carbocycles. The van der Waals surface area contributed by atoms with Gasteiger partial charge in [0.2, 0.25) is 0 Å². The fraction of sp³-hybridized carbons (Fsp3) is 0.435. The van der Waals surface area contributed by atoms with E-state index in [0.717, 1.165) is 50.4 Å². The molecule has 7 heteroatoms. The SMILES string of the molecule is O=C(c1cccnc1N1CCc2c(cccc2N2CCOC2=O)C1)N1CCCCC1. The second kappa shape index (κ2) is 7.97. The van der Waals surface area contributed by atoms with Crippen LogP contribution in [0.3, 0.4) is 0 Å². The van der Waals surface area contributed by atoms with E-state index in [1.165, 1.54) is 17.5 Å². The number of hydrogen-bond donors (Lipinski definition) is 0. The Labute approximate surface area is 176 Å². The fourth-order valence-corrected chi connectivity index (χ4v) is 4.72. The number of nitrogens with zero attached hydrogens (tertiary/aromatic N) is 4. The van der Waals surface area contributed by atoms with E-state index in [2.05, 4.69) is 16.0 Å². The van der Waals surface area contributed by atoms with Gasteiger partial charge in [-0.25, -0.2) is 9.78 Å². The van der Waals surface area contributed by atoms with Crippen molar-refractivity contribution in [2.75, 3.05) is 42.6 Å². The average Bonchev–Trinajstić information content (AvgIpc) is 3.24. The van der Waals surface area contributed by atoms with Crippen molar-refractivity contribution in [3.05, 3.63) is 53.2 Å². The van der Waals surface area contributed by atoms with Crippen LogP contribution in [0.25, 0.3) is 0 Å². The highest BCUT2D eigenvalue weighted by Crippen LogP contribution is 2.33. The Kier molecular flexibility index (Phi) is 5.02. The number of rotatable bonds is 3. The summed E-state index contributed by atoms with van der Waals surface area (Å²) in [5, 5.41) is 0. The summed E-state index contributed by atoms with van der Waals surface area (Å²) in [5.41, 5.74) is 3.98. The summed E-state index contributed by atoms with van der Waals surface area (Å²) in [5.74, 6) is 0.835. The van der Waals surface area contributed by atoms with Crippen molar-refractivity contribution in [1.82, 2.24) is 9.88 Å². The van der Waals surface area contributed by atoms with Crippen molar-refractivity contribution in [3.63, 3.8) is 0 Å². The van der Waals surface area contributed by atoms with Crippen LogP contribution in [0, 0.1) is 0 Å². The maximum Gasteiger partial charge on any atom is 0.414 e. The van der Waals surface area contributed by atoms with Gasteiger partial charge in [-0.1, -0.05) is 12.1 Å². The molecule has 156 valence electrons. The van der Waals surface area contributed by atoms with Gasteiger partial charge in [-0.05, 0) is 55.0 Å². The third-order valence-electron chi connectivity index (χ3n) is 6.25. The molecule has 0 atom stereocenters. The van der Waals surface area contributed by atoms with Gasteiger partial charge >= 0.3 is 6.09 Å². The Morgan fingerprint density at radius 3 is 2.67 bits per heavy atom. The summed E-state index contributed by atoms with van der Waals surface area (Å²) in [6.45, 7) is 4.10. The largest absolute Gasteiger partial charge is 0.447 e. The zero-order chi connectivity index (χ0) is 20.5. The minimum absolute atomic E-state index is 0.0807. The molecule has 0 saturated carbocycles. The van der Waals surface area contributed by atoms with Crippen LogP contribution in [0.1, 0.15) is 40.7 Å². The Bertz CT molecular complexity index is 971. The van der Waals surface area contributed by atoms with Crippen LogP contribution in [0.2, 0.25) is 0 Å². The number of cyclic esters (lactones) is 1. The lowest BCUT2D eigenvalue weighted by molar-refractivity contribution is 0.0724. The summed E-state index contributed by atoms with van der Waals surface area (Å²) in [6.07, 6.45) is 5.61. The molecule has 3 aliphatic rings. The second-order valence-electron chi connectivity index (χ2n) is 8.08. The minimum atomic E-state index is -0.273. The Hall–Kier alpha value is -3.09. The van der Waals surface area contributed by atoms with E-state index in [-0.39, 0.29) is 12.0 Å². The molecule has 0 aliphatic carbocycles. The quantitative estimate of drug-likeness (QED) is 0.783. The first-order chi connectivity index (χ1) is 14.7. The smallest absolute Gasteiger partial charge is 0.414 e. The average molecular weight is 406 g/mol. The number of benzene rings is 1. The van der Waals surface area contributed by atoms with Crippen molar-refractivity contribution < 1.29 is 14.3 Å². The van der Waals surface area contributed by atoms with Crippen molar-refractivity contribution in [2.45, 2.75) is 32.2 Å². The van der Waals surface area contributed by atoms with Gasteiger partial charge in [0.25, 0.3) is 5.91 Å². The molecular weight excluding hydrogens is 380 g/mol. The lowest BCUT2D eigenvalue weighted by atomic mass is 9.96. The Morgan fingerprint density at radius 2 is 1.87 bits per heavy atom. The molecule has 5 rings (SSSR count). The van der Waals surface area contributed by atoms with Crippen LogP contribution in [-0.2, 0) is 17.7 Å². The molecule has 2 aromatic rings. The third kappa shape index (κ3) is 3.38. The van der Waals surface area contributed by atoms with Crippen LogP contribution in [-0.4, -0.2) is 54.7 Å². The van der Waals surface area contributed by atoms with Gasteiger partial charge in [0.1, 0.15) is 12.4 Å². The molecule has 2 amide bonds. The van der Waals surface area contributed by atoms with Crippen molar-refractivity contribution in [3.8, 4) is 0 Å². The van der Waals surface area contributed by atoms with Crippen LogP contribution >= 0.6 is 0 Å². The van der Waals surface area contributed by atoms with Gasteiger partial charge in [-0.15, -0.1) is 0 Å². The van der Waals surface area contributed by atoms with Gasteiger partial charge in [-0.3, -0.25) is 9.69 Å². The maximum atomic E-state index is 13.2. The fourth-order valence-electron chi connectivity index (χ4n) is 4.72. The van der Waals surface area contributed by atoms with E-state index >= 15 is 0 Å². The molecule has 3 aliphatic heterocycles. The summed E-state index contributed by atoms with van der Waals surface area (Å²) >= 11 is 0. The summed E-state index contributed by atoms with van der Waals surface area (Å²) < 4.78 is 5.13. The highest BCUT2D eigenvalue weighted by atomic mass is 16.6. The molecule has 4 heterocycles. The van der Waals surface area contributed by atoms with E-state index in [1.54, 1.807) is 11.1 Å². The lowest BCUT2D eigenvalue weighted by Gasteiger charge is -2.34. The Balaban J connectivity index is 1.42. The van der Waals surface area contributed by atoms with Gasteiger partial charge in [0, 0.05) is 32.4 Å². The molecule has 0 N–H and O–H groups in total. The number of hydrogen-bond acceptors (Lipinski definition) is 5. The molecule has 30 heavy (non-hydrogen) atoms. The summed E-state index contributed by atoms with van der Waals surface area (Å²) in [4.78, 5) is 35.7. The van der Waals surface area contributed by atoms with Crippen LogP contribution in [0.15, 0.2) is 36.5 Å². The van der Waals surface area contributed by atoms with E-state index in [9.17, 15) is 9.59 Å².